The number of carbonyl (C=O) groups excluding carboxylic acids is 1. The van der Waals surface area contributed by atoms with Gasteiger partial charge in [-0.3, -0.25) is 9.89 Å². The van der Waals surface area contributed by atoms with Crippen LogP contribution in [0.3, 0.4) is 0 Å². The van der Waals surface area contributed by atoms with E-state index >= 15 is 0 Å². The Labute approximate surface area is 145 Å². The Balaban J connectivity index is 1.62. The molecule has 1 aliphatic rings. The van der Waals surface area contributed by atoms with Crippen molar-refractivity contribution in [2.75, 3.05) is 5.32 Å². The van der Waals surface area contributed by atoms with E-state index < -0.39 is 12.1 Å². The van der Waals surface area contributed by atoms with Crippen molar-refractivity contribution in [2.24, 2.45) is 0 Å². The molecule has 25 heavy (non-hydrogen) atoms. The van der Waals surface area contributed by atoms with Gasteiger partial charge < -0.3 is 15.2 Å². The van der Waals surface area contributed by atoms with E-state index in [1.165, 1.54) is 11.3 Å². The largest absolute Gasteiger partial charge is 0.478 e. The summed E-state index contributed by atoms with van der Waals surface area (Å²) >= 11 is 1.35. The lowest BCUT2D eigenvalue weighted by Gasteiger charge is -2.09. The second-order valence-electron chi connectivity index (χ2n) is 5.51. The predicted octanol–water partition coefficient (Wildman–Crippen LogP) is 3.09. The lowest BCUT2D eigenvalue weighted by atomic mass is 10.1. The van der Waals surface area contributed by atoms with Gasteiger partial charge in [0.25, 0.3) is 5.91 Å². The number of carboxylic acids is 1. The number of H-pyrrole nitrogens is 1. The van der Waals surface area contributed by atoms with Gasteiger partial charge in [-0.25, -0.2) is 4.79 Å². The molecule has 1 amide bonds. The summed E-state index contributed by atoms with van der Waals surface area (Å²) in [4.78, 5) is 23.8. The highest BCUT2D eigenvalue weighted by molar-refractivity contribution is 7.12. The first-order valence-corrected chi connectivity index (χ1v) is 8.43. The van der Waals surface area contributed by atoms with Crippen molar-refractivity contribution in [1.82, 2.24) is 10.2 Å². The van der Waals surface area contributed by atoms with Crippen molar-refractivity contribution in [3.63, 3.8) is 0 Å². The summed E-state index contributed by atoms with van der Waals surface area (Å²) in [5, 5.41) is 21.4. The molecule has 0 spiro atoms. The Morgan fingerprint density at radius 3 is 2.96 bits per heavy atom. The van der Waals surface area contributed by atoms with Gasteiger partial charge in [0.2, 0.25) is 0 Å². The van der Waals surface area contributed by atoms with Crippen molar-refractivity contribution in [1.29, 1.82) is 0 Å². The molecule has 0 saturated heterocycles. The fourth-order valence-corrected chi connectivity index (χ4v) is 3.26. The second kappa shape index (κ2) is 6.06. The monoisotopic (exact) mass is 355 g/mol. The quantitative estimate of drug-likeness (QED) is 0.667. The first-order valence-electron chi connectivity index (χ1n) is 7.55. The van der Waals surface area contributed by atoms with Crippen molar-refractivity contribution in [3.8, 4) is 0 Å². The number of anilines is 1. The Morgan fingerprint density at radius 1 is 1.36 bits per heavy atom. The van der Waals surface area contributed by atoms with Gasteiger partial charge in [-0.1, -0.05) is 6.07 Å². The third kappa shape index (κ3) is 2.87. The van der Waals surface area contributed by atoms with Gasteiger partial charge in [-0.05, 0) is 35.7 Å². The molecular weight excluding hydrogens is 342 g/mol. The van der Waals surface area contributed by atoms with Crippen molar-refractivity contribution < 1.29 is 19.4 Å². The summed E-state index contributed by atoms with van der Waals surface area (Å²) in [6, 6.07) is 9.00. The number of nitrogens with zero attached hydrogens (tertiary/aromatic N) is 1. The molecule has 2 aromatic heterocycles. The van der Waals surface area contributed by atoms with Crippen LogP contribution in [0.4, 0.5) is 5.82 Å². The highest BCUT2D eigenvalue weighted by Gasteiger charge is 2.26. The number of hydrogen-bond acceptors (Lipinski definition) is 5. The zero-order chi connectivity index (χ0) is 17.4. The van der Waals surface area contributed by atoms with Crippen LogP contribution in [0.15, 0.2) is 41.8 Å². The predicted molar refractivity (Wildman–Crippen MR) is 93.5 cm³/mol. The number of thiophene rings is 1. The van der Waals surface area contributed by atoms with Crippen LogP contribution < -0.4 is 5.32 Å². The molecule has 1 aliphatic heterocycles. The number of aromatic nitrogens is 2. The molecule has 0 radical (unpaired) electrons. The van der Waals surface area contributed by atoms with E-state index in [2.05, 4.69) is 15.5 Å². The summed E-state index contributed by atoms with van der Waals surface area (Å²) < 4.78 is 5.46. The maximum absolute atomic E-state index is 12.2. The normalized spacial score (nSPS) is 16.5. The molecule has 4 rings (SSSR count). The fourth-order valence-electron chi connectivity index (χ4n) is 2.64. The molecule has 8 heteroatoms. The minimum absolute atomic E-state index is 0.226. The van der Waals surface area contributed by atoms with E-state index in [-0.39, 0.29) is 5.91 Å². The number of aliphatic carboxylic acids is 1. The summed E-state index contributed by atoms with van der Waals surface area (Å²) in [6.07, 6.45) is 1.23. The molecule has 0 bridgehead atoms. The van der Waals surface area contributed by atoms with Crippen molar-refractivity contribution in [2.45, 2.75) is 12.5 Å². The number of ether oxygens (including phenoxy) is 1. The van der Waals surface area contributed by atoms with E-state index in [1.54, 1.807) is 12.1 Å². The standard InChI is InChI=1S/C17H13N3O4S/c21-16(14-2-1-7-25-14)18-15-10-8-9(3-4-11(10)19-20-15)12-5-6-13(24-12)17(22)23/h1-5,7-8,13H,6H2,(H,22,23)(H2,18,19,20,21). The fraction of sp³-hybridized carbons (Fsp3) is 0.118. The number of hydrogen-bond donors (Lipinski definition) is 3. The molecule has 0 saturated carbocycles. The SMILES string of the molecule is O=C(Nc1n[nH]c2ccc(C3=CCC(C(=O)O)O3)cc12)c1cccs1. The first-order chi connectivity index (χ1) is 12.1. The maximum Gasteiger partial charge on any atom is 0.345 e. The molecule has 126 valence electrons. The molecule has 3 heterocycles. The Hall–Kier alpha value is -3.13. The van der Waals surface area contributed by atoms with Crippen LogP contribution in [-0.4, -0.2) is 33.3 Å². The number of nitrogens with one attached hydrogen (secondary N) is 2. The van der Waals surface area contributed by atoms with E-state index in [9.17, 15) is 9.59 Å². The van der Waals surface area contributed by atoms with Gasteiger partial charge in [0.05, 0.1) is 10.4 Å². The number of carboxylic acid groups (broad SMARTS) is 1. The lowest BCUT2D eigenvalue weighted by molar-refractivity contribution is -0.145. The van der Waals surface area contributed by atoms with Gasteiger partial charge in [-0.2, -0.15) is 5.10 Å². The van der Waals surface area contributed by atoms with Gasteiger partial charge in [0.1, 0.15) is 5.76 Å². The average Bonchev–Trinajstić information content (AvgIpc) is 3.35. The van der Waals surface area contributed by atoms with E-state index in [0.29, 0.717) is 22.9 Å². The van der Waals surface area contributed by atoms with Gasteiger partial charge in [0, 0.05) is 17.4 Å². The molecule has 0 fully saturated rings. The van der Waals surface area contributed by atoms with Gasteiger partial charge in [0.15, 0.2) is 11.9 Å². The molecule has 7 nitrogen and oxygen atoms in total. The highest BCUT2D eigenvalue weighted by atomic mass is 32.1. The molecule has 3 aromatic rings. The van der Waals surface area contributed by atoms with Crippen LogP contribution in [0.2, 0.25) is 0 Å². The van der Waals surface area contributed by atoms with Gasteiger partial charge in [-0.15, -0.1) is 11.3 Å². The third-order valence-corrected chi connectivity index (χ3v) is 4.75. The molecule has 0 aliphatic carbocycles. The summed E-state index contributed by atoms with van der Waals surface area (Å²) in [5.41, 5.74) is 1.50. The number of benzene rings is 1. The van der Waals surface area contributed by atoms with Crippen LogP contribution >= 0.6 is 11.3 Å². The number of fused-ring (bicyclic) bond motifs is 1. The number of amides is 1. The average molecular weight is 355 g/mol. The van der Waals surface area contributed by atoms with Crippen molar-refractivity contribution in [3.05, 3.63) is 52.2 Å². The highest BCUT2D eigenvalue weighted by Crippen LogP contribution is 2.30. The maximum atomic E-state index is 12.2. The number of rotatable bonds is 4. The van der Waals surface area contributed by atoms with E-state index in [0.717, 1.165) is 16.5 Å². The topological polar surface area (TPSA) is 104 Å². The Bertz CT molecular complexity index is 991. The number of aromatic amines is 1. The van der Waals surface area contributed by atoms with Crippen LogP contribution in [-0.2, 0) is 9.53 Å². The van der Waals surface area contributed by atoms with Crippen LogP contribution in [0.5, 0.6) is 0 Å². The van der Waals surface area contributed by atoms with Gasteiger partial charge >= 0.3 is 5.97 Å². The Morgan fingerprint density at radius 2 is 2.24 bits per heavy atom. The van der Waals surface area contributed by atoms with Crippen LogP contribution in [0.1, 0.15) is 21.7 Å². The third-order valence-electron chi connectivity index (χ3n) is 3.89. The molecule has 1 aromatic carbocycles. The summed E-state index contributed by atoms with van der Waals surface area (Å²) in [5.74, 6) is -0.273. The number of carbonyl (C=O) groups is 2. The first kappa shape index (κ1) is 15.4. The minimum atomic E-state index is -0.987. The van der Waals surface area contributed by atoms with E-state index in [1.807, 2.05) is 29.6 Å². The Kier molecular flexibility index (Phi) is 3.73. The summed E-state index contributed by atoms with van der Waals surface area (Å²) in [6.45, 7) is 0. The van der Waals surface area contributed by atoms with E-state index in [4.69, 9.17) is 9.84 Å². The summed E-state index contributed by atoms with van der Waals surface area (Å²) in [7, 11) is 0. The van der Waals surface area contributed by atoms with Crippen molar-refractivity contribution >= 4 is 45.7 Å². The van der Waals surface area contributed by atoms with Crippen LogP contribution in [0, 0.1) is 0 Å². The smallest absolute Gasteiger partial charge is 0.345 e. The zero-order valence-electron chi connectivity index (χ0n) is 12.9. The zero-order valence-corrected chi connectivity index (χ0v) is 13.7. The molecule has 1 unspecified atom stereocenters. The molecule has 1 atom stereocenters. The lowest BCUT2D eigenvalue weighted by Crippen LogP contribution is -2.18. The van der Waals surface area contributed by atoms with Crippen LogP contribution in [0.25, 0.3) is 16.7 Å². The molecule has 3 N–H and O–H groups in total. The second-order valence-corrected chi connectivity index (χ2v) is 6.46. The molecular formula is C17H13N3O4S. The minimum Gasteiger partial charge on any atom is -0.478 e.